The second kappa shape index (κ2) is 7.47. The topological polar surface area (TPSA) is 64.3 Å². The SMILES string of the molecule is NCc1cc(NC(=O)CC2OCCc3ccccc32)cc(C(F)(F)F)c1. The molecule has 138 valence electrons. The van der Waals surface area contributed by atoms with Gasteiger partial charge in [0.15, 0.2) is 0 Å². The van der Waals surface area contributed by atoms with E-state index in [2.05, 4.69) is 5.32 Å². The lowest BCUT2D eigenvalue weighted by molar-refractivity contribution is -0.137. The molecule has 0 aliphatic carbocycles. The normalized spacial score (nSPS) is 16.8. The number of amides is 1. The van der Waals surface area contributed by atoms with E-state index in [1.807, 2.05) is 24.3 Å². The summed E-state index contributed by atoms with van der Waals surface area (Å²) < 4.78 is 44.6. The number of benzene rings is 2. The van der Waals surface area contributed by atoms with E-state index in [0.717, 1.165) is 29.7 Å². The quantitative estimate of drug-likeness (QED) is 0.867. The van der Waals surface area contributed by atoms with Gasteiger partial charge >= 0.3 is 6.18 Å². The summed E-state index contributed by atoms with van der Waals surface area (Å²) in [5, 5.41) is 2.53. The summed E-state index contributed by atoms with van der Waals surface area (Å²) >= 11 is 0. The number of hydrogen-bond donors (Lipinski definition) is 2. The number of carbonyl (C=O) groups is 1. The van der Waals surface area contributed by atoms with Crippen LogP contribution in [0.2, 0.25) is 0 Å². The van der Waals surface area contributed by atoms with Gasteiger partial charge in [0, 0.05) is 12.2 Å². The highest BCUT2D eigenvalue weighted by Crippen LogP contribution is 2.33. The molecule has 1 heterocycles. The molecule has 7 heteroatoms. The molecule has 0 fully saturated rings. The Morgan fingerprint density at radius 1 is 1.23 bits per heavy atom. The number of fused-ring (bicyclic) bond motifs is 1. The molecule has 1 aliphatic rings. The van der Waals surface area contributed by atoms with Crippen LogP contribution >= 0.6 is 0 Å². The van der Waals surface area contributed by atoms with Crippen LogP contribution in [-0.2, 0) is 28.7 Å². The van der Waals surface area contributed by atoms with E-state index >= 15 is 0 Å². The van der Waals surface area contributed by atoms with Gasteiger partial charge in [0.1, 0.15) is 0 Å². The van der Waals surface area contributed by atoms with Crippen LogP contribution in [0.25, 0.3) is 0 Å². The van der Waals surface area contributed by atoms with Gasteiger partial charge in [-0.1, -0.05) is 24.3 Å². The monoisotopic (exact) mass is 364 g/mol. The number of alkyl halides is 3. The van der Waals surface area contributed by atoms with Crippen LogP contribution in [0.5, 0.6) is 0 Å². The Kier molecular flexibility index (Phi) is 5.29. The molecule has 0 radical (unpaired) electrons. The Balaban J connectivity index is 1.75. The van der Waals surface area contributed by atoms with Crippen molar-refractivity contribution < 1.29 is 22.7 Å². The van der Waals surface area contributed by atoms with E-state index in [4.69, 9.17) is 10.5 Å². The van der Waals surface area contributed by atoms with Gasteiger partial charge < -0.3 is 15.8 Å². The van der Waals surface area contributed by atoms with E-state index < -0.39 is 23.8 Å². The third kappa shape index (κ3) is 4.23. The van der Waals surface area contributed by atoms with Crippen LogP contribution in [0, 0.1) is 0 Å². The molecule has 1 amide bonds. The molecular weight excluding hydrogens is 345 g/mol. The lowest BCUT2D eigenvalue weighted by Crippen LogP contribution is -2.22. The lowest BCUT2D eigenvalue weighted by atomic mass is 9.95. The van der Waals surface area contributed by atoms with Crippen LogP contribution in [0.15, 0.2) is 42.5 Å². The van der Waals surface area contributed by atoms with E-state index in [0.29, 0.717) is 12.2 Å². The molecule has 0 bridgehead atoms. The van der Waals surface area contributed by atoms with Crippen LogP contribution in [0.3, 0.4) is 0 Å². The second-order valence-electron chi connectivity index (χ2n) is 6.18. The summed E-state index contributed by atoms with van der Waals surface area (Å²) in [4.78, 5) is 12.3. The smallest absolute Gasteiger partial charge is 0.373 e. The molecule has 0 saturated carbocycles. The number of halogens is 3. The first-order chi connectivity index (χ1) is 12.4. The van der Waals surface area contributed by atoms with Crippen molar-refractivity contribution in [1.82, 2.24) is 0 Å². The highest BCUT2D eigenvalue weighted by atomic mass is 19.4. The zero-order valence-corrected chi connectivity index (χ0v) is 14.0. The minimum atomic E-state index is -4.50. The van der Waals surface area contributed by atoms with Gasteiger partial charge in [-0.15, -0.1) is 0 Å². The Morgan fingerprint density at radius 2 is 2.00 bits per heavy atom. The third-order valence-corrected chi connectivity index (χ3v) is 4.30. The Labute approximate surface area is 149 Å². The highest BCUT2D eigenvalue weighted by Gasteiger charge is 2.31. The predicted molar refractivity (Wildman–Crippen MR) is 91.4 cm³/mol. The van der Waals surface area contributed by atoms with Gasteiger partial charge in [-0.3, -0.25) is 4.79 Å². The maximum Gasteiger partial charge on any atom is 0.416 e. The molecular formula is C19H19F3N2O2. The summed E-state index contributed by atoms with van der Waals surface area (Å²) in [6.07, 6.45) is -4.09. The Morgan fingerprint density at radius 3 is 2.73 bits per heavy atom. The number of rotatable bonds is 4. The molecule has 0 aromatic heterocycles. The molecule has 1 atom stereocenters. The summed E-state index contributed by atoms with van der Waals surface area (Å²) in [7, 11) is 0. The van der Waals surface area contributed by atoms with E-state index in [1.165, 1.54) is 6.07 Å². The van der Waals surface area contributed by atoms with Crippen molar-refractivity contribution in [2.24, 2.45) is 5.73 Å². The zero-order valence-electron chi connectivity index (χ0n) is 14.0. The molecule has 3 N–H and O–H groups in total. The van der Waals surface area contributed by atoms with Gasteiger partial charge in [-0.05, 0) is 41.3 Å². The molecule has 2 aromatic rings. The first kappa shape index (κ1) is 18.4. The van der Waals surface area contributed by atoms with Gasteiger partial charge in [0.05, 0.1) is 24.7 Å². The molecule has 4 nitrogen and oxygen atoms in total. The van der Waals surface area contributed by atoms with Crippen LogP contribution in [0.1, 0.15) is 34.8 Å². The molecule has 26 heavy (non-hydrogen) atoms. The number of ether oxygens (including phenoxy) is 1. The minimum Gasteiger partial charge on any atom is -0.373 e. The summed E-state index contributed by atoms with van der Waals surface area (Å²) in [5.74, 6) is -0.408. The minimum absolute atomic E-state index is 0.0330. The molecule has 2 aromatic carbocycles. The Hall–Kier alpha value is -2.38. The van der Waals surface area contributed by atoms with E-state index in [-0.39, 0.29) is 18.7 Å². The van der Waals surface area contributed by atoms with Crippen LogP contribution in [-0.4, -0.2) is 12.5 Å². The third-order valence-electron chi connectivity index (χ3n) is 4.30. The Bertz CT molecular complexity index is 806. The molecule has 1 unspecified atom stereocenters. The fourth-order valence-corrected chi connectivity index (χ4v) is 3.07. The average Bonchev–Trinajstić information content (AvgIpc) is 2.61. The van der Waals surface area contributed by atoms with Gasteiger partial charge in [0.25, 0.3) is 0 Å². The second-order valence-corrected chi connectivity index (χ2v) is 6.18. The summed E-state index contributed by atoms with van der Waals surface area (Å²) in [6, 6.07) is 11.0. The summed E-state index contributed by atoms with van der Waals surface area (Å²) in [6.45, 7) is 0.460. The van der Waals surface area contributed by atoms with Gasteiger partial charge in [-0.25, -0.2) is 0 Å². The first-order valence-corrected chi connectivity index (χ1v) is 8.27. The van der Waals surface area contributed by atoms with Crippen molar-refractivity contribution in [3.05, 3.63) is 64.7 Å². The van der Waals surface area contributed by atoms with Crippen molar-refractivity contribution in [3.8, 4) is 0 Å². The number of nitrogens with one attached hydrogen (secondary N) is 1. The van der Waals surface area contributed by atoms with Crippen LogP contribution in [0.4, 0.5) is 18.9 Å². The maximum absolute atomic E-state index is 13.0. The lowest BCUT2D eigenvalue weighted by Gasteiger charge is -2.25. The molecule has 3 rings (SSSR count). The van der Waals surface area contributed by atoms with Crippen molar-refractivity contribution in [3.63, 3.8) is 0 Å². The largest absolute Gasteiger partial charge is 0.416 e. The van der Waals surface area contributed by atoms with Crippen LogP contribution < -0.4 is 11.1 Å². The van der Waals surface area contributed by atoms with Gasteiger partial charge in [0.2, 0.25) is 5.91 Å². The fraction of sp³-hybridized carbons (Fsp3) is 0.316. The average molecular weight is 364 g/mol. The highest BCUT2D eigenvalue weighted by molar-refractivity contribution is 5.91. The van der Waals surface area contributed by atoms with E-state index in [9.17, 15) is 18.0 Å². The fourth-order valence-electron chi connectivity index (χ4n) is 3.07. The molecule has 0 saturated heterocycles. The summed E-state index contributed by atoms with van der Waals surface area (Å²) in [5.41, 5.74) is 7.08. The number of hydrogen-bond acceptors (Lipinski definition) is 3. The number of anilines is 1. The zero-order chi connectivity index (χ0) is 18.7. The van der Waals surface area contributed by atoms with Crippen molar-refractivity contribution >= 4 is 11.6 Å². The maximum atomic E-state index is 13.0. The number of carbonyl (C=O) groups excluding carboxylic acids is 1. The number of nitrogens with two attached hydrogens (primary N) is 1. The standard InChI is InChI=1S/C19H19F3N2O2/c20-19(21,22)14-7-12(11-23)8-15(9-14)24-18(25)10-17-16-4-2-1-3-13(16)5-6-26-17/h1-4,7-9,17H,5-6,10-11,23H2,(H,24,25). The first-order valence-electron chi connectivity index (χ1n) is 8.27. The van der Waals surface area contributed by atoms with Gasteiger partial charge in [-0.2, -0.15) is 13.2 Å². The van der Waals surface area contributed by atoms with Crippen molar-refractivity contribution in [2.75, 3.05) is 11.9 Å². The van der Waals surface area contributed by atoms with Crippen molar-refractivity contribution in [1.29, 1.82) is 0 Å². The molecule has 0 spiro atoms. The predicted octanol–water partition coefficient (Wildman–Crippen LogP) is 3.81. The van der Waals surface area contributed by atoms with E-state index in [1.54, 1.807) is 0 Å². The molecule has 1 aliphatic heterocycles. The van der Waals surface area contributed by atoms with Crippen molar-refractivity contribution in [2.45, 2.75) is 31.7 Å².